The summed E-state index contributed by atoms with van der Waals surface area (Å²) in [5.41, 5.74) is 0. The molecule has 0 saturated heterocycles. The first-order valence-electron chi connectivity index (χ1n) is 5.97. The lowest BCUT2D eigenvalue weighted by Crippen LogP contribution is -2.31. The van der Waals surface area contributed by atoms with E-state index in [9.17, 15) is 5.11 Å². The van der Waals surface area contributed by atoms with Crippen molar-refractivity contribution in [1.29, 1.82) is 0 Å². The molecule has 0 aliphatic heterocycles. The third-order valence-corrected chi connectivity index (χ3v) is 3.54. The Morgan fingerprint density at radius 2 is 1.79 bits per heavy atom. The molecule has 0 aromatic rings. The zero-order valence-electron chi connectivity index (χ0n) is 9.58. The van der Waals surface area contributed by atoms with Crippen molar-refractivity contribution in [2.45, 2.75) is 52.1 Å². The van der Waals surface area contributed by atoms with Gasteiger partial charge in [0.2, 0.25) is 0 Å². The maximum atomic E-state index is 10.1. The quantitative estimate of drug-likeness (QED) is 0.683. The molecule has 1 nitrogen and oxygen atoms in total. The van der Waals surface area contributed by atoms with Gasteiger partial charge in [0.05, 0.1) is 6.10 Å². The molecular weight excluding hydrogens is 172 g/mol. The molecule has 0 aromatic carbocycles. The zero-order valence-corrected chi connectivity index (χ0v) is 9.58. The van der Waals surface area contributed by atoms with Gasteiger partial charge >= 0.3 is 0 Å². The van der Waals surface area contributed by atoms with Crippen LogP contribution in [0.1, 0.15) is 46.0 Å². The van der Waals surface area contributed by atoms with Gasteiger partial charge in [-0.1, -0.05) is 39.2 Å². The van der Waals surface area contributed by atoms with Crippen LogP contribution in [-0.2, 0) is 0 Å². The maximum absolute atomic E-state index is 10.1. The van der Waals surface area contributed by atoms with Crippen molar-refractivity contribution >= 4 is 0 Å². The molecule has 0 spiro atoms. The topological polar surface area (TPSA) is 20.2 Å². The van der Waals surface area contributed by atoms with E-state index in [1.165, 1.54) is 32.1 Å². The van der Waals surface area contributed by atoms with Gasteiger partial charge in [0, 0.05) is 5.92 Å². The Bertz CT molecular complexity index is 168. The fourth-order valence-electron chi connectivity index (χ4n) is 2.57. The summed E-state index contributed by atoms with van der Waals surface area (Å²) in [6.07, 6.45) is 8.37. The number of hydrogen-bond acceptors (Lipinski definition) is 1. The molecule has 0 heterocycles. The van der Waals surface area contributed by atoms with Gasteiger partial charge in [0.15, 0.2) is 0 Å². The summed E-state index contributed by atoms with van der Waals surface area (Å²) in [7, 11) is 0. The lowest BCUT2D eigenvalue weighted by Gasteiger charge is -2.33. The van der Waals surface area contributed by atoms with Gasteiger partial charge in [-0.2, -0.15) is 0 Å². The van der Waals surface area contributed by atoms with Crippen molar-refractivity contribution in [3.8, 4) is 0 Å². The Labute approximate surface area is 88.2 Å². The van der Waals surface area contributed by atoms with Crippen molar-refractivity contribution in [1.82, 2.24) is 0 Å². The van der Waals surface area contributed by atoms with Crippen LogP contribution in [0.5, 0.6) is 0 Å². The normalized spacial score (nSPS) is 23.4. The second kappa shape index (κ2) is 5.55. The van der Waals surface area contributed by atoms with E-state index in [1.807, 2.05) is 6.08 Å². The minimum atomic E-state index is -0.199. The number of hydrogen-bond donors (Lipinski definition) is 1. The van der Waals surface area contributed by atoms with Crippen LogP contribution in [-0.4, -0.2) is 11.2 Å². The van der Waals surface area contributed by atoms with E-state index in [-0.39, 0.29) is 6.10 Å². The van der Waals surface area contributed by atoms with Crippen molar-refractivity contribution in [3.63, 3.8) is 0 Å². The van der Waals surface area contributed by atoms with E-state index in [0.29, 0.717) is 17.8 Å². The fourth-order valence-corrected chi connectivity index (χ4v) is 2.57. The molecule has 0 bridgehead atoms. The predicted octanol–water partition coefficient (Wildman–Crippen LogP) is 3.39. The number of aliphatic hydroxyl groups excluding tert-OH is 1. The fraction of sp³-hybridized carbons (Fsp3) is 0.846. The average molecular weight is 196 g/mol. The summed E-state index contributed by atoms with van der Waals surface area (Å²) in [5, 5.41) is 10.1. The number of aliphatic hydroxyl groups is 1. The second-order valence-corrected chi connectivity index (χ2v) is 4.95. The summed E-state index contributed by atoms with van der Waals surface area (Å²) in [6, 6.07) is 0. The Morgan fingerprint density at radius 3 is 2.21 bits per heavy atom. The Hall–Kier alpha value is -0.300. The van der Waals surface area contributed by atoms with Crippen LogP contribution in [0.25, 0.3) is 0 Å². The molecule has 82 valence electrons. The molecule has 14 heavy (non-hydrogen) atoms. The lowest BCUT2D eigenvalue weighted by molar-refractivity contribution is 0.0483. The van der Waals surface area contributed by atoms with Crippen LogP contribution in [0.2, 0.25) is 0 Å². The van der Waals surface area contributed by atoms with E-state index in [2.05, 4.69) is 20.4 Å². The molecule has 0 unspecified atom stereocenters. The molecule has 1 rings (SSSR count). The third-order valence-electron chi connectivity index (χ3n) is 3.54. The average Bonchev–Trinajstić information content (AvgIpc) is 2.20. The molecule has 1 saturated carbocycles. The Kier molecular flexibility index (Phi) is 4.67. The molecule has 1 aliphatic carbocycles. The summed E-state index contributed by atoms with van der Waals surface area (Å²) in [6.45, 7) is 8.05. The van der Waals surface area contributed by atoms with Crippen LogP contribution in [0.3, 0.4) is 0 Å². The second-order valence-electron chi connectivity index (χ2n) is 4.95. The molecule has 2 atom stereocenters. The van der Waals surface area contributed by atoms with Crippen LogP contribution in [0.15, 0.2) is 12.7 Å². The van der Waals surface area contributed by atoms with Crippen molar-refractivity contribution in [2.75, 3.05) is 0 Å². The van der Waals surface area contributed by atoms with Crippen molar-refractivity contribution in [3.05, 3.63) is 12.7 Å². The summed E-state index contributed by atoms with van der Waals surface area (Å²) in [5.74, 6) is 1.34. The van der Waals surface area contributed by atoms with Crippen molar-refractivity contribution < 1.29 is 5.11 Å². The molecular formula is C13H24O. The van der Waals surface area contributed by atoms with Crippen LogP contribution in [0, 0.1) is 17.8 Å². The summed E-state index contributed by atoms with van der Waals surface area (Å²) < 4.78 is 0. The minimum Gasteiger partial charge on any atom is -0.392 e. The Balaban J connectivity index is 2.55. The van der Waals surface area contributed by atoms with Gasteiger partial charge in [-0.25, -0.2) is 0 Å². The first-order chi connectivity index (χ1) is 6.66. The van der Waals surface area contributed by atoms with E-state index in [1.54, 1.807) is 0 Å². The monoisotopic (exact) mass is 196 g/mol. The molecule has 1 fully saturated rings. The maximum Gasteiger partial charge on any atom is 0.0628 e. The van der Waals surface area contributed by atoms with Gasteiger partial charge in [-0.15, -0.1) is 6.58 Å². The highest BCUT2D eigenvalue weighted by atomic mass is 16.3. The standard InChI is InChI=1S/C13H24O/c1-4-12(13(14)10(2)3)11-8-6-5-7-9-11/h4,10-14H,1,5-9H2,2-3H3/t12-,13-/m1/s1. The van der Waals surface area contributed by atoms with E-state index in [4.69, 9.17) is 0 Å². The first kappa shape index (κ1) is 11.8. The molecule has 1 aliphatic rings. The van der Waals surface area contributed by atoms with Crippen LogP contribution in [0.4, 0.5) is 0 Å². The molecule has 1 N–H and O–H groups in total. The molecule has 0 amide bonds. The zero-order chi connectivity index (χ0) is 10.6. The largest absolute Gasteiger partial charge is 0.392 e. The third kappa shape index (κ3) is 2.84. The SMILES string of the molecule is C=C[C@H](C1CCCCC1)[C@H](O)C(C)C. The van der Waals surface area contributed by atoms with Gasteiger partial charge in [0.1, 0.15) is 0 Å². The van der Waals surface area contributed by atoms with Gasteiger partial charge in [0.25, 0.3) is 0 Å². The van der Waals surface area contributed by atoms with Gasteiger partial charge < -0.3 is 5.11 Å². The highest BCUT2D eigenvalue weighted by Gasteiger charge is 2.28. The lowest BCUT2D eigenvalue weighted by atomic mass is 9.75. The van der Waals surface area contributed by atoms with Gasteiger partial charge in [-0.3, -0.25) is 0 Å². The highest BCUT2D eigenvalue weighted by Crippen LogP contribution is 2.34. The van der Waals surface area contributed by atoms with E-state index in [0.717, 1.165) is 0 Å². The Morgan fingerprint density at radius 1 is 1.21 bits per heavy atom. The van der Waals surface area contributed by atoms with Gasteiger partial charge in [-0.05, 0) is 24.7 Å². The molecule has 0 radical (unpaired) electrons. The summed E-state index contributed by atoms with van der Waals surface area (Å²) in [4.78, 5) is 0. The van der Waals surface area contributed by atoms with E-state index >= 15 is 0 Å². The minimum absolute atomic E-state index is 0.199. The molecule has 1 heteroatoms. The first-order valence-corrected chi connectivity index (χ1v) is 5.97. The number of rotatable bonds is 4. The molecule has 0 aromatic heterocycles. The highest BCUT2D eigenvalue weighted by molar-refractivity contribution is 4.91. The van der Waals surface area contributed by atoms with E-state index < -0.39 is 0 Å². The van der Waals surface area contributed by atoms with Crippen LogP contribution < -0.4 is 0 Å². The van der Waals surface area contributed by atoms with Crippen molar-refractivity contribution in [2.24, 2.45) is 17.8 Å². The van der Waals surface area contributed by atoms with Crippen LogP contribution >= 0.6 is 0 Å². The smallest absolute Gasteiger partial charge is 0.0628 e. The summed E-state index contributed by atoms with van der Waals surface area (Å²) >= 11 is 0. The predicted molar refractivity (Wildman–Crippen MR) is 61.1 cm³/mol.